The normalized spacial score (nSPS) is 18.2. The Balaban J connectivity index is 2.20. The Hall–Kier alpha value is -0.893. The van der Waals surface area contributed by atoms with Crippen LogP contribution in [0.25, 0.3) is 0 Å². The van der Waals surface area contributed by atoms with Gasteiger partial charge >= 0.3 is 5.97 Å². The van der Waals surface area contributed by atoms with Crippen LogP contribution in [0.3, 0.4) is 0 Å². The molecule has 2 rings (SSSR count). The molecule has 1 aromatic heterocycles. The van der Waals surface area contributed by atoms with E-state index in [9.17, 15) is 9.90 Å². The lowest BCUT2D eigenvalue weighted by Gasteiger charge is -2.31. The van der Waals surface area contributed by atoms with Crippen LogP contribution in [0.1, 0.15) is 47.7 Å². The Morgan fingerprint density at radius 1 is 1.41 bits per heavy atom. The molecule has 1 aromatic rings. The molecule has 5 nitrogen and oxygen atoms in total. The minimum Gasteiger partial charge on any atom is -0.478 e. The lowest BCUT2D eigenvalue weighted by Crippen LogP contribution is -2.37. The number of ether oxygens (including phenoxy) is 1. The summed E-state index contributed by atoms with van der Waals surface area (Å²) in [6.45, 7) is 7.61. The second-order valence-electron chi connectivity index (χ2n) is 5.65. The first-order valence-corrected chi connectivity index (χ1v) is 11.2. The standard InChI is InChI=1S/C15H25NO4SSi/c1-4-22(5-2,6-3)20-9-11-13-10(7-8-19-11)12(15(17)18)14(16)21-13/h11H,4-9,16H2,1-3H3,(H,17,18). The average Bonchev–Trinajstić information content (AvgIpc) is 2.86. The van der Waals surface area contributed by atoms with Crippen molar-refractivity contribution < 1.29 is 19.1 Å². The maximum Gasteiger partial charge on any atom is 0.338 e. The lowest BCUT2D eigenvalue weighted by molar-refractivity contribution is 0.00968. The van der Waals surface area contributed by atoms with Gasteiger partial charge in [-0.2, -0.15) is 0 Å². The first kappa shape index (κ1) is 17.5. The number of rotatable bonds is 7. The van der Waals surface area contributed by atoms with E-state index in [1.807, 2.05) is 0 Å². The van der Waals surface area contributed by atoms with Gasteiger partial charge in [0.1, 0.15) is 11.1 Å². The SMILES string of the molecule is CC[Si](CC)(CC)OCC1OCCc2c1sc(N)c2C(=O)O. The van der Waals surface area contributed by atoms with Gasteiger partial charge < -0.3 is 20.0 Å². The van der Waals surface area contributed by atoms with Crippen molar-refractivity contribution in [3.63, 3.8) is 0 Å². The van der Waals surface area contributed by atoms with E-state index < -0.39 is 14.3 Å². The molecule has 0 saturated carbocycles. The molecule has 1 aliphatic rings. The molecular weight excluding hydrogens is 318 g/mol. The monoisotopic (exact) mass is 343 g/mol. The van der Waals surface area contributed by atoms with Gasteiger partial charge in [-0.3, -0.25) is 0 Å². The summed E-state index contributed by atoms with van der Waals surface area (Å²) >= 11 is 1.33. The van der Waals surface area contributed by atoms with Crippen molar-refractivity contribution in [3.05, 3.63) is 16.0 Å². The summed E-state index contributed by atoms with van der Waals surface area (Å²) in [5, 5.41) is 9.70. The fourth-order valence-electron chi connectivity index (χ4n) is 3.06. The van der Waals surface area contributed by atoms with Gasteiger partial charge in [-0.05, 0) is 30.1 Å². The number of thiophene rings is 1. The summed E-state index contributed by atoms with van der Waals surface area (Å²) < 4.78 is 12.2. The van der Waals surface area contributed by atoms with Crippen LogP contribution in [-0.2, 0) is 15.6 Å². The third-order valence-electron chi connectivity index (χ3n) is 4.72. The number of carboxylic acid groups (broad SMARTS) is 1. The number of hydrogen-bond donors (Lipinski definition) is 2. The van der Waals surface area contributed by atoms with Crippen molar-refractivity contribution in [2.75, 3.05) is 18.9 Å². The van der Waals surface area contributed by atoms with Gasteiger partial charge in [0.2, 0.25) is 0 Å². The van der Waals surface area contributed by atoms with E-state index in [0.717, 1.165) is 28.6 Å². The van der Waals surface area contributed by atoms with Crippen molar-refractivity contribution in [1.82, 2.24) is 0 Å². The predicted octanol–water partition coefficient (Wildman–Crippen LogP) is 3.66. The Morgan fingerprint density at radius 3 is 2.59 bits per heavy atom. The fourth-order valence-corrected chi connectivity index (χ4v) is 6.82. The lowest BCUT2D eigenvalue weighted by atomic mass is 10.0. The summed E-state index contributed by atoms with van der Waals surface area (Å²) in [5.74, 6) is -0.948. The number of fused-ring (bicyclic) bond motifs is 1. The molecular formula is C15H25NO4SSi. The van der Waals surface area contributed by atoms with Crippen LogP contribution in [0.5, 0.6) is 0 Å². The van der Waals surface area contributed by atoms with Crippen molar-refractivity contribution in [3.8, 4) is 0 Å². The van der Waals surface area contributed by atoms with Gasteiger partial charge in [-0.25, -0.2) is 4.79 Å². The Morgan fingerprint density at radius 2 is 2.05 bits per heavy atom. The molecule has 0 aromatic carbocycles. The van der Waals surface area contributed by atoms with Crippen LogP contribution in [0.2, 0.25) is 18.1 Å². The van der Waals surface area contributed by atoms with E-state index in [2.05, 4.69) is 20.8 Å². The summed E-state index contributed by atoms with van der Waals surface area (Å²) in [7, 11) is -1.67. The van der Waals surface area contributed by atoms with E-state index in [4.69, 9.17) is 14.9 Å². The molecule has 1 atom stereocenters. The molecule has 0 spiro atoms. The highest BCUT2D eigenvalue weighted by atomic mass is 32.1. The van der Waals surface area contributed by atoms with Crippen molar-refractivity contribution in [2.45, 2.75) is 51.4 Å². The molecule has 124 valence electrons. The van der Waals surface area contributed by atoms with Crippen LogP contribution < -0.4 is 5.73 Å². The van der Waals surface area contributed by atoms with Gasteiger partial charge in [0, 0.05) is 4.88 Å². The molecule has 0 amide bonds. The molecule has 2 heterocycles. The maximum absolute atomic E-state index is 11.4. The van der Waals surface area contributed by atoms with Gasteiger partial charge in [0.25, 0.3) is 0 Å². The quantitative estimate of drug-likeness (QED) is 0.738. The molecule has 22 heavy (non-hydrogen) atoms. The van der Waals surface area contributed by atoms with E-state index in [0.29, 0.717) is 24.6 Å². The molecule has 1 unspecified atom stereocenters. The van der Waals surface area contributed by atoms with E-state index >= 15 is 0 Å². The third kappa shape index (κ3) is 3.22. The van der Waals surface area contributed by atoms with Crippen molar-refractivity contribution >= 4 is 30.6 Å². The topological polar surface area (TPSA) is 81.8 Å². The van der Waals surface area contributed by atoms with Crippen LogP contribution >= 0.6 is 11.3 Å². The highest BCUT2D eigenvalue weighted by Gasteiger charge is 2.34. The highest BCUT2D eigenvalue weighted by molar-refractivity contribution is 7.16. The second kappa shape index (κ2) is 7.12. The zero-order valence-corrected chi connectivity index (χ0v) is 15.3. The largest absolute Gasteiger partial charge is 0.478 e. The number of hydrogen-bond acceptors (Lipinski definition) is 5. The Bertz CT molecular complexity index is 534. The Labute approximate surface area is 136 Å². The zero-order chi connectivity index (χ0) is 16.3. The van der Waals surface area contributed by atoms with Gasteiger partial charge in [-0.1, -0.05) is 20.8 Å². The number of anilines is 1. The molecule has 0 saturated heterocycles. The average molecular weight is 344 g/mol. The molecule has 0 radical (unpaired) electrons. The molecule has 3 N–H and O–H groups in total. The summed E-state index contributed by atoms with van der Waals surface area (Å²) in [6, 6.07) is 3.27. The van der Waals surface area contributed by atoms with Gasteiger partial charge in [0.05, 0.1) is 18.8 Å². The maximum atomic E-state index is 11.4. The molecule has 0 fully saturated rings. The van der Waals surface area contributed by atoms with Crippen molar-refractivity contribution in [2.24, 2.45) is 0 Å². The second-order valence-corrected chi connectivity index (χ2v) is 11.5. The number of nitrogen functional groups attached to an aromatic ring is 1. The van der Waals surface area contributed by atoms with Crippen molar-refractivity contribution in [1.29, 1.82) is 0 Å². The number of aromatic carboxylic acids is 1. The first-order chi connectivity index (χ1) is 10.5. The zero-order valence-electron chi connectivity index (χ0n) is 13.5. The minimum atomic E-state index is -1.67. The minimum absolute atomic E-state index is 0.180. The molecule has 0 bridgehead atoms. The molecule has 1 aliphatic heterocycles. The highest BCUT2D eigenvalue weighted by Crippen LogP contribution is 2.40. The van der Waals surface area contributed by atoms with E-state index in [-0.39, 0.29) is 11.7 Å². The van der Waals surface area contributed by atoms with E-state index in [1.165, 1.54) is 11.3 Å². The number of carbonyl (C=O) groups is 1. The van der Waals surface area contributed by atoms with Crippen LogP contribution in [0, 0.1) is 0 Å². The smallest absolute Gasteiger partial charge is 0.338 e. The predicted molar refractivity (Wildman–Crippen MR) is 91.2 cm³/mol. The summed E-state index contributed by atoms with van der Waals surface area (Å²) in [6.07, 6.45) is 0.430. The van der Waals surface area contributed by atoms with E-state index in [1.54, 1.807) is 0 Å². The van der Waals surface area contributed by atoms with Crippen LogP contribution in [0.15, 0.2) is 0 Å². The molecule has 0 aliphatic carbocycles. The Kier molecular flexibility index (Phi) is 5.65. The number of nitrogens with two attached hydrogens (primary N) is 1. The van der Waals surface area contributed by atoms with Crippen LogP contribution in [0.4, 0.5) is 5.00 Å². The van der Waals surface area contributed by atoms with Crippen LogP contribution in [-0.4, -0.2) is 32.6 Å². The third-order valence-corrected chi connectivity index (χ3v) is 10.5. The van der Waals surface area contributed by atoms with Gasteiger partial charge in [-0.15, -0.1) is 11.3 Å². The fraction of sp³-hybridized carbons (Fsp3) is 0.667. The summed E-state index contributed by atoms with van der Waals surface area (Å²) in [5.41, 5.74) is 7.00. The van der Waals surface area contributed by atoms with Gasteiger partial charge in [0.15, 0.2) is 8.32 Å². The number of carboxylic acids is 1. The molecule has 7 heteroatoms. The summed E-state index contributed by atoms with van der Waals surface area (Å²) in [4.78, 5) is 12.3. The first-order valence-electron chi connectivity index (χ1n) is 7.87.